The van der Waals surface area contributed by atoms with E-state index in [1.165, 1.54) is 16.8 Å². The van der Waals surface area contributed by atoms with Gasteiger partial charge in [-0.15, -0.1) is 0 Å². The number of hydrogen-bond acceptors (Lipinski definition) is 5. The lowest BCUT2D eigenvalue weighted by molar-refractivity contribution is 0.162. The molecule has 2 aromatic rings. The van der Waals surface area contributed by atoms with Crippen molar-refractivity contribution in [3.63, 3.8) is 0 Å². The highest BCUT2D eigenvalue weighted by molar-refractivity contribution is 7.89. The third-order valence-electron chi connectivity index (χ3n) is 3.94. The zero-order chi connectivity index (χ0) is 15.9. The van der Waals surface area contributed by atoms with Crippen molar-refractivity contribution in [1.29, 1.82) is 0 Å². The van der Waals surface area contributed by atoms with Crippen molar-refractivity contribution in [3.05, 3.63) is 30.0 Å². The molecule has 8 nitrogen and oxygen atoms in total. The Bertz CT molecular complexity index is 779. The monoisotopic (exact) mass is 325 g/mol. The molecule has 9 heteroatoms. The van der Waals surface area contributed by atoms with Gasteiger partial charge in [0.15, 0.2) is 5.03 Å². The molecule has 1 atom stereocenters. The first-order valence-electron chi connectivity index (χ1n) is 6.91. The number of fused-ring (bicyclic) bond motifs is 1. The van der Waals surface area contributed by atoms with E-state index in [9.17, 15) is 8.42 Å². The molecule has 1 aliphatic rings. The second kappa shape index (κ2) is 5.49. The summed E-state index contributed by atoms with van der Waals surface area (Å²) in [6, 6.07) is 0. The SMILES string of the molecule is COCC1CN(S(=O)(=O)c2cn(C)cn2)Cc2c1cnn2C. The minimum Gasteiger partial charge on any atom is -0.384 e. The van der Waals surface area contributed by atoms with Crippen molar-refractivity contribution in [2.24, 2.45) is 14.1 Å². The van der Waals surface area contributed by atoms with Crippen molar-refractivity contribution < 1.29 is 13.2 Å². The predicted octanol–water partition coefficient (Wildman–Crippen LogP) is 0.0881. The topological polar surface area (TPSA) is 82.2 Å². The molecule has 3 rings (SSSR count). The second-order valence-electron chi connectivity index (χ2n) is 5.50. The van der Waals surface area contributed by atoms with Crippen LogP contribution in [0, 0.1) is 0 Å². The molecular weight excluding hydrogens is 306 g/mol. The Balaban J connectivity index is 1.98. The Morgan fingerprint density at radius 3 is 2.82 bits per heavy atom. The lowest BCUT2D eigenvalue weighted by atomic mass is 9.97. The molecule has 0 fully saturated rings. The summed E-state index contributed by atoms with van der Waals surface area (Å²) in [5.41, 5.74) is 1.95. The smallest absolute Gasteiger partial charge is 0.262 e. The molecule has 0 aliphatic carbocycles. The Hall–Kier alpha value is -1.71. The molecule has 0 amide bonds. The Labute approximate surface area is 129 Å². The van der Waals surface area contributed by atoms with Crippen LogP contribution in [-0.4, -0.2) is 52.3 Å². The van der Waals surface area contributed by atoms with Crippen LogP contribution in [0.1, 0.15) is 17.2 Å². The van der Waals surface area contributed by atoms with Gasteiger partial charge in [0.1, 0.15) is 0 Å². The fourth-order valence-electron chi connectivity index (χ4n) is 2.77. The molecule has 22 heavy (non-hydrogen) atoms. The van der Waals surface area contributed by atoms with E-state index >= 15 is 0 Å². The molecule has 120 valence electrons. The van der Waals surface area contributed by atoms with Crippen molar-refractivity contribution in [1.82, 2.24) is 23.6 Å². The van der Waals surface area contributed by atoms with Gasteiger partial charge in [-0.25, -0.2) is 13.4 Å². The van der Waals surface area contributed by atoms with Gasteiger partial charge in [0, 0.05) is 45.4 Å². The number of ether oxygens (including phenoxy) is 1. The van der Waals surface area contributed by atoms with Gasteiger partial charge in [0.05, 0.1) is 31.4 Å². The van der Waals surface area contributed by atoms with E-state index in [0.717, 1.165) is 11.3 Å². The lowest BCUT2D eigenvalue weighted by Gasteiger charge is -2.31. The van der Waals surface area contributed by atoms with Crippen LogP contribution in [0.4, 0.5) is 0 Å². The molecule has 0 bridgehead atoms. The van der Waals surface area contributed by atoms with Crippen molar-refractivity contribution in [2.45, 2.75) is 17.5 Å². The van der Waals surface area contributed by atoms with Crippen LogP contribution in [-0.2, 0) is 35.4 Å². The molecule has 0 spiro atoms. The number of sulfonamides is 1. The summed E-state index contributed by atoms with van der Waals surface area (Å²) in [5, 5.41) is 4.31. The summed E-state index contributed by atoms with van der Waals surface area (Å²) >= 11 is 0. The molecule has 1 aliphatic heterocycles. The average molecular weight is 325 g/mol. The minimum absolute atomic E-state index is 0.0269. The molecule has 2 aromatic heterocycles. The van der Waals surface area contributed by atoms with E-state index in [1.54, 1.807) is 29.6 Å². The quantitative estimate of drug-likeness (QED) is 0.795. The van der Waals surface area contributed by atoms with Crippen LogP contribution in [0.3, 0.4) is 0 Å². The highest BCUT2D eigenvalue weighted by Crippen LogP contribution is 2.31. The van der Waals surface area contributed by atoms with Gasteiger partial charge in [0.25, 0.3) is 10.0 Å². The van der Waals surface area contributed by atoms with Crippen LogP contribution < -0.4 is 0 Å². The molecular formula is C13H19N5O3S. The number of imidazole rings is 1. The minimum atomic E-state index is -3.63. The first-order valence-corrected chi connectivity index (χ1v) is 8.35. The summed E-state index contributed by atoms with van der Waals surface area (Å²) < 4.78 is 35.6. The largest absolute Gasteiger partial charge is 0.384 e. The third kappa shape index (κ3) is 2.44. The summed E-state index contributed by atoms with van der Waals surface area (Å²) in [6.07, 6.45) is 4.79. The van der Waals surface area contributed by atoms with Crippen LogP contribution in [0.5, 0.6) is 0 Å². The molecule has 0 aromatic carbocycles. The first kappa shape index (κ1) is 15.2. The van der Waals surface area contributed by atoms with Crippen molar-refractivity contribution in [3.8, 4) is 0 Å². The Kier molecular flexibility index (Phi) is 3.79. The summed E-state index contributed by atoms with van der Waals surface area (Å²) in [4.78, 5) is 3.98. The molecule has 0 saturated heterocycles. The van der Waals surface area contributed by atoms with Crippen LogP contribution in [0.2, 0.25) is 0 Å². The van der Waals surface area contributed by atoms with Crippen LogP contribution >= 0.6 is 0 Å². The maximum atomic E-state index is 12.8. The Morgan fingerprint density at radius 1 is 1.41 bits per heavy atom. The fraction of sp³-hybridized carbons (Fsp3) is 0.538. The number of methoxy groups -OCH3 is 1. The van der Waals surface area contributed by atoms with Crippen LogP contribution in [0.25, 0.3) is 0 Å². The molecule has 0 radical (unpaired) electrons. The van der Waals surface area contributed by atoms with Gasteiger partial charge in [0.2, 0.25) is 0 Å². The number of hydrogen-bond donors (Lipinski definition) is 0. The standard InChI is InChI=1S/C13H19N5O3S/c1-16-7-13(14-9-16)22(19,20)18-5-10(8-21-3)11-4-15-17(2)12(11)6-18/h4,7,9-10H,5-6,8H2,1-3H3. The zero-order valence-corrected chi connectivity index (χ0v) is 13.6. The third-order valence-corrected chi connectivity index (χ3v) is 5.63. The van der Waals surface area contributed by atoms with Gasteiger partial charge in [-0.1, -0.05) is 0 Å². The van der Waals surface area contributed by atoms with Crippen LogP contribution in [0.15, 0.2) is 23.7 Å². The normalized spacial score (nSPS) is 19.3. The number of aryl methyl sites for hydroxylation is 2. The predicted molar refractivity (Wildman–Crippen MR) is 78.6 cm³/mol. The summed E-state index contributed by atoms with van der Waals surface area (Å²) in [5.74, 6) is -0.0269. The average Bonchev–Trinajstić information content (AvgIpc) is 3.07. The van der Waals surface area contributed by atoms with Gasteiger partial charge in [-0.3, -0.25) is 4.68 Å². The highest BCUT2D eigenvalue weighted by Gasteiger charge is 2.36. The van der Waals surface area contributed by atoms with Gasteiger partial charge < -0.3 is 9.30 Å². The van der Waals surface area contributed by atoms with E-state index < -0.39 is 10.0 Å². The van der Waals surface area contributed by atoms with E-state index in [1.807, 2.05) is 7.05 Å². The molecule has 0 saturated carbocycles. The van der Waals surface area contributed by atoms with E-state index in [-0.39, 0.29) is 10.9 Å². The number of aromatic nitrogens is 4. The maximum Gasteiger partial charge on any atom is 0.262 e. The summed E-state index contributed by atoms with van der Waals surface area (Å²) in [6.45, 7) is 1.11. The Morgan fingerprint density at radius 2 is 2.18 bits per heavy atom. The summed E-state index contributed by atoms with van der Waals surface area (Å²) in [7, 11) is 1.55. The van der Waals surface area contributed by atoms with Gasteiger partial charge in [-0.2, -0.15) is 9.40 Å². The lowest BCUT2D eigenvalue weighted by Crippen LogP contribution is -2.40. The highest BCUT2D eigenvalue weighted by atomic mass is 32.2. The first-order chi connectivity index (χ1) is 10.4. The second-order valence-corrected chi connectivity index (χ2v) is 7.38. The fourth-order valence-corrected chi connectivity index (χ4v) is 4.18. The van der Waals surface area contributed by atoms with Crippen molar-refractivity contribution in [2.75, 3.05) is 20.3 Å². The van der Waals surface area contributed by atoms with E-state index in [2.05, 4.69) is 10.1 Å². The van der Waals surface area contributed by atoms with E-state index in [0.29, 0.717) is 19.7 Å². The van der Waals surface area contributed by atoms with Gasteiger partial charge in [-0.05, 0) is 0 Å². The zero-order valence-electron chi connectivity index (χ0n) is 12.8. The van der Waals surface area contributed by atoms with Crippen molar-refractivity contribution >= 4 is 10.0 Å². The maximum absolute atomic E-state index is 12.8. The molecule has 3 heterocycles. The van der Waals surface area contributed by atoms with E-state index in [4.69, 9.17) is 4.74 Å². The van der Waals surface area contributed by atoms with Gasteiger partial charge >= 0.3 is 0 Å². The molecule has 0 N–H and O–H groups in total. The number of rotatable bonds is 4. The number of nitrogens with zero attached hydrogens (tertiary/aromatic N) is 5. The molecule has 1 unspecified atom stereocenters.